The molecule has 0 atom stereocenters. The molecule has 2 aromatic rings. The third-order valence-electron chi connectivity index (χ3n) is 6.30. The third-order valence-corrected chi connectivity index (χ3v) is 6.84. The molecule has 0 unspecified atom stereocenters. The van der Waals surface area contributed by atoms with Gasteiger partial charge in [-0.2, -0.15) is 8.42 Å². The molecule has 1 saturated carbocycles. The molecule has 0 bridgehead atoms. The molecule has 4 rings (SSSR count). The summed E-state index contributed by atoms with van der Waals surface area (Å²) in [5.41, 5.74) is 1.81. The smallest absolute Gasteiger partial charge is 0.274 e. The summed E-state index contributed by atoms with van der Waals surface area (Å²) in [5.74, 6) is 2.36. The lowest BCUT2D eigenvalue weighted by molar-refractivity contribution is 0.173. The van der Waals surface area contributed by atoms with Gasteiger partial charge in [-0.15, -0.1) is 0 Å². The molecule has 9 heteroatoms. The van der Waals surface area contributed by atoms with E-state index in [1.807, 2.05) is 42.5 Å². The molecule has 0 amide bonds. The first kappa shape index (κ1) is 21.9. The number of fused-ring (bicyclic) bond motifs is 1. The number of methoxy groups -OCH3 is 1. The molecule has 2 aromatic carbocycles. The van der Waals surface area contributed by atoms with Crippen molar-refractivity contribution in [3.63, 3.8) is 0 Å². The van der Waals surface area contributed by atoms with Gasteiger partial charge in [0.05, 0.1) is 7.11 Å². The van der Waals surface area contributed by atoms with Crippen LogP contribution in [-0.2, 0) is 22.2 Å². The Morgan fingerprint density at radius 2 is 1.94 bits per heavy atom. The maximum atomic E-state index is 11.6. The zero-order chi connectivity index (χ0) is 21.9. The molecule has 1 aliphatic carbocycles. The maximum Gasteiger partial charge on any atom is 0.274 e. The van der Waals surface area contributed by atoms with Crippen LogP contribution in [0.1, 0.15) is 36.8 Å². The van der Waals surface area contributed by atoms with Crippen LogP contribution in [-0.4, -0.2) is 34.9 Å². The molecule has 1 aliphatic heterocycles. The zero-order valence-electron chi connectivity index (χ0n) is 17.6. The average Bonchev–Trinajstić information content (AvgIpc) is 3.26. The topological polar surface area (TPSA) is 112 Å². The van der Waals surface area contributed by atoms with Crippen LogP contribution in [0, 0.1) is 0 Å². The molecular weight excluding hydrogens is 418 g/mol. The van der Waals surface area contributed by atoms with Crippen LogP contribution in [0.25, 0.3) is 0 Å². The van der Waals surface area contributed by atoms with Gasteiger partial charge in [0.2, 0.25) is 6.79 Å². The minimum absolute atomic E-state index is 0.260. The highest BCUT2D eigenvalue weighted by Crippen LogP contribution is 2.41. The minimum atomic E-state index is -3.77. The van der Waals surface area contributed by atoms with Crippen molar-refractivity contribution in [3.8, 4) is 17.2 Å². The van der Waals surface area contributed by atoms with Crippen LogP contribution >= 0.6 is 0 Å². The fraction of sp³-hybridized carbons (Fsp3) is 0.455. The number of nitrogens with one attached hydrogen (secondary N) is 2. The number of ether oxygens (including phenoxy) is 3. The number of hydrogen-bond acceptors (Lipinski definition) is 6. The predicted molar refractivity (Wildman–Crippen MR) is 117 cm³/mol. The minimum Gasteiger partial charge on any atom is -0.497 e. The Hall–Kier alpha value is -2.33. The Bertz CT molecular complexity index is 1020. The molecule has 1 heterocycles. The molecule has 2 aliphatic rings. The lowest BCUT2D eigenvalue weighted by Gasteiger charge is -2.41. The number of hydrogen-bond donors (Lipinski definition) is 3. The summed E-state index contributed by atoms with van der Waals surface area (Å²) in [5, 5.41) is 8.86. The molecule has 0 aromatic heterocycles. The van der Waals surface area contributed by atoms with Crippen molar-refractivity contribution < 1.29 is 22.6 Å². The van der Waals surface area contributed by atoms with Gasteiger partial charge in [-0.25, -0.2) is 9.86 Å². The lowest BCUT2D eigenvalue weighted by atomic mass is 9.68. The van der Waals surface area contributed by atoms with Gasteiger partial charge in [0.1, 0.15) is 5.75 Å². The van der Waals surface area contributed by atoms with Crippen molar-refractivity contribution in [2.24, 2.45) is 5.14 Å². The number of nitrogens with two attached hydrogens (primary N) is 1. The van der Waals surface area contributed by atoms with E-state index in [1.54, 1.807) is 7.11 Å². The van der Waals surface area contributed by atoms with Crippen LogP contribution in [0.2, 0.25) is 0 Å². The number of para-hydroxylation sites is 1. The largest absolute Gasteiger partial charge is 0.497 e. The van der Waals surface area contributed by atoms with Crippen molar-refractivity contribution in [1.82, 2.24) is 10.0 Å². The van der Waals surface area contributed by atoms with E-state index in [-0.39, 0.29) is 18.8 Å². The first-order chi connectivity index (χ1) is 14.9. The predicted octanol–water partition coefficient (Wildman–Crippen LogP) is 2.19. The summed E-state index contributed by atoms with van der Waals surface area (Å²) in [7, 11) is -2.14. The summed E-state index contributed by atoms with van der Waals surface area (Å²) in [4.78, 5) is 0. The van der Waals surface area contributed by atoms with Crippen LogP contribution < -0.4 is 29.4 Å². The second kappa shape index (κ2) is 9.04. The van der Waals surface area contributed by atoms with Crippen molar-refractivity contribution in [1.29, 1.82) is 0 Å². The van der Waals surface area contributed by atoms with Crippen molar-refractivity contribution in [2.45, 2.75) is 43.7 Å². The van der Waals surface area contributed by atoms with Gasteiger partial charge >= 0.3 is 0 Å². The van der Waals surface area contributed by atoms with Gasteiger partial charge < -0.3 is 19.5 Å². The van der Waals surface area contributed by atoms with Crippen LogP contribution in [0.4, 0.5) is 0 Å². The molecule has 8 nitrogen and oxygen atoms in total. The summed E-state index contributed by atoms with van der Waals surface area (Å²) < 4.78 is 42.1. The first-order valence-electron chi connectivity index (χ1n) is 10.4. The highest BCUT2D eigenvalue weighted by atomic mass is 32.2. The number of rotatable bonds is 8. The maximum absolute atomic E-state index is 11.6. The molecule has 0 radical (unpaired) electrons. The molecule has 0 spiro atoms. The monoisotopic (exact) mass is 447 g/mol. The van der Waals surface area contributed by atoms with E-state index in [2.05, 4.69) is 10.0 Å². The standard InChI is InChI=1S/C22H29N3O5S/c1-28-19-6-3-5-17(12-19)22(14-25-31(23,26)27)10-8-18(9-11-22)24-13-16-4-2-7-20-21(16)30-15-29-20/h2-7,12,18,24-25H,8-11,13-15H2,1H3,(H2,23,26,27)/t18-,22-. The highest BCUT2D eigenvalue weighted by molar-refractivity contribution is 7.87. The SMILES string of the molecule is COc1cccc([C@]2(CNS(N)(=O)=O)CC[C@@H](NCc3cccc4c3OCO4)CC2)c1. The quantitative estimate of drug-likeness (QED) is 0.572. The Morgan fingerprint density at radius 3 is 2.68 bits per heavy atom. The van der Waals surface area contributed by atoms with Gasteiger partial charge in [-0.1, -0.05) is 24.3 Å². The summed E-state index contributed by atoms with van der Waals surface area (Å²) in [6.07, 6.45) is 3.48. The van der Waals surface area contributed by atoms with Crippen LogP contribution in [0.15, 0.2) is 42.5 Å². The first-order valence-corrected chi connectivity index (χ1v) is 12.0. The van der Waals surface area contributed by atoms with E-state index in [4.69, 9.17) is 19.3 Å². The highest BCUT2D eigenvalue weighted by Gasteiger charge is 2.37. The van der Waals surface area contributed by atoms with Crippen LogP contribution in [0.3, 0.4) is 0 Å². The van der Waals surface area contributed by atoms with Gasteiger partial charge in [0.15, 0.2) is 11.5 Å². The molecule has 1 fully saturated rings. The molecule has 168 valence electrons. The summed E-state index contributed by atoms with van der Waals surface area (Å²) in [6, 6.07) is 14.1. The Kier molecular flexibility index (Phi) is 6.38. The normalized spacial score (nSPS) is 23.0. The lowest BCUT2D eigenvalue weighted by Crippen LogP contribution is -2.47. The van der Waals surface area contributed by atoms with Gasteiger partial charge in [0.25, 0.3) is 10.2 Å². The zero-order valence-corrected chi connectivity index (χ0v) is 18.4. The molecule has 4 N–H and O–H groups in total. The van der Waals surface area contributed by atoms with E-state index >= 15 is 0 Å². The number of benzene rings is 2. The van der Waals surface area contributed by atoms with Crippen molar-refractivity contribution in [2.75, 3.05) is 20.4 Å². The van der Waals surface area contributed by atoms with Crippen LogP contribution in [0.5, 0.6) is 17.2 Å². The van der Waals surface area contributed by atoms with E-state index < -0.39 is 10.2 Å². The van der Waals surface area contributed by atoms with Crippen molar-refractivity contribution >= 4 is 10.2 Å². The third kappa shape index (κ3) is 5.12. The summed E-state index contributed by atoms with van der Waals surface area (Å²) in [6.45, 7) is 1.22. The van der Waals surface area contributed by atoms with E-state index in [0.717, 1.165) is 54.1 Å². The van der Waals surface area contributed by atoms with E-state index in [9.17, 15) is 8.42 Å². The van der Waals surface area contributed by atoms with Gasteiger partial charge in [-0.05, 0) is 49.4 Å². The second-order valence-electron chi connectivity index (χ2n) is 8.18. The fourth-order valence-electron chi connectivity index (χ4n) is 4.52. The molecule has 0 saturated heterocycles. The van der Waals surface area contributed by atoms with E-state index in [0.29, 0.717) is 12.6 Å². The summed E-state index contributed by atoms with van der Waals surface area (Å²) >= 11 is 0. The Balaban J connectivity index is 1.44. The Labute approximate surface area is 183 Å². The fourth-order valence-corrected chi connectivity index (χ4v) is 5.00. The Morgan fingerprint density at radius 1 is 1.16 bits per heavy atom. The van der Waals surface area contributed by atoms with Gasteiger partial charge in [0, 0.05) is 30.1 Å². The van der Waals surface area contributed by atoms with Gasteiger partial charge in [-0.3, -0.25) is 0 Å². The average molecular weight is 448 g/mol. The second-order valence-corrected chi connectivity index (χ2v) is 9.56. The van der Waals surface area contributed by atoms with E-state index in [1.165, 1.54) is 0 Å². The molecule has 31 heavy (non-hydrogen) atoms. The molecular formula is C22H29N3O5S. The van der Waals surface area contributed by atoms with Crippen molar-refractivity contribution in [3.05, 3.63) is 53.6 Å².